The summed E-state index contributed by atoms with van der Waals surface area (Å²) in [4.78, 5) is 26.1. The third kappa shape index (κ3) is 4.88. The lowest BCUT2D eigenvalue weighted by Gasteiger charge is -2.27. The Morgan fingerprint density at radius 2 is 1.59 bits per heavy atom. The minimum absolute atomic E-state index is 0.431. The zero-order valence-electron chi connectivity index (χ0n) is 17.1. The van der Waals surface area contributed by atoms with E-state index in [4.69, 9.17) is 4.74 Å². The number of carbonyl (C=O) groups excluding carboxylic acids is 2. The quantitative estimate of drug-likeness (QED) is 0.764. The van der Waals surface area contributed by atoms with Crippen LogP contribution in [0.2, 0.25) is 0 Å². The standard InChI is InChI=1S/C23H29N3O3/c1-24-22(27)26(23(28)25-2)20-15-9-14-19(18-12-7-4-8-13-18)21(20)29-16-17-10-5-3-6-11-17/h4,7-9,12-15,17H,3,5-6,10-11,16H2,1-2H3,(H,24,27)(H,25,28). The van der Waals surface area contributed by atoms with Crippen molar-refractivity contribution in [1.82, 2.24) is 10.6 Å². The predicted octanol–water partition coefficient (Wildman–Crippen LogP) is 4.80. The van der Waals surface area contributed by atoms with Gasteiger partial charge in [0.15, 0.2) is 5.75 Å². The number of urea groups is 2. The van der Waals surface area contributed by atoms with E-state index >= 15 is 0 Å². The molecule has 2 aromatic carbocycles. The Bertz CT molecular complexity index is 817. The summed E-state index contributed by atoms with van der Waals surface area (Å²) in [6, 6.07) is 14.4. The van der Waals surface area contributed by atoms with Crippen LogP contribution in [0.25, 0.3) is 11.1 Å². The summed E-state index contributed by atoms with van der Waals surface area (Å²) in [7, 11) is 3.00. The first-order chi connectivity index (χ1) is 14.2. The van der Waals surface area contributed by atoms with Crippen molar-refractivity contribution in [3.63, 3.8) is 0 Å². The van der Waals surface area contributed by atoms with E-state index in [2.05, 4.69) is 10.6 Å². The molecule has 0 saturated heterocycles. The molecule has 2 aromatic rings. The molecule has 0 aliphatic heterocycles. The lowest BCUT2D eigenvalue weighted by atomic mass is 9.90. The number of nitrogens with one attached hydrogen (secondary N) is 2. The Kier molecular flexibility index (Phi) is 7.11. The van der Waals surface area contributed by atoms with Gasteiger partial charge in [0.05, 0.1) is 12.3 Å². The van der Waals surface area contributed by atoms with Crippen molar-refractivity contribution in [3.8, 4) is 16.9 Å². The van der Waals surface area contributed by atoms with Crippen LogP contribution in [0.15, 0.2) is 48.5 Å². The second-order valence-corrected chi connectivity index (χ2v) is 7.28. The molecule has 154 valence electrons. The van der Waals surface area contributed by atoms with E-state index in [1.165, 1.54) is 33.4 Å². The highest BCUT2D eigenvalue weighted by Crippen LogP contribution is 2.39. The SMILES string of the molecule is CNC(=O)N(C(=O)NC)c1cccc(-c2ccccc2)c1OCC1CCCCC1. The van der Waals surface area contributed by atoms with Gasteiger partial charge in [-0.3, -0.25) is 0 Å². The Morgan fingerprint density at radius 1 is 0.931 bits per heavy atom. The first-order valence-electron chi connectivity index (χ1n) is 10.2. The Balaban J connectivity index is 2.04. The van der Waals surface area contributed by atoms with Crippen molar-refractivity contribution < 1.29 is 14.3 Å². The smallest absolute Gasteiger partial charge is 0.330 e. The maximum Gasteiger partial charge on any atom is 0.330 e. The summed E-state index contributed by atoms with van der Waals surface area (Å²) in [5.74, 6) is 1.05. The van der Waals surface area contributed by atoms with Gasteiger partial charge in [-0.25, -0.2) is 14.5 Å². The van der Waals surface area contributed by atoms with Crippen molar-refractivity contribution in [1.29, 1.82) is 0 Å². The van der Waals surface area contributed by atoms with E-state index in [1.54, 1.807) is 6.07 Å². The summed E-state index contributed by atoms with van der Waals surface area (Å²) in [5.41, 5.74) is 2.26. The second-order valence-electron chi connectivity index (χ2n) is 7.28. The van der Waals surface area contributed by atoms with Crippen molar-refractivity contribution in [2.45, 2.75) is 32.1 Å². The number of carbonyl (C=O) groups is 2. The van der Waals surface area contributed by atoms with Crippen molar-refractivity contribution >= 4 is 17.7 Å². The summed E-state index contributed by atoms with van der Waals surface area (Å²) < 4.78 is 6.33. The van der Waals surface area contributed by atoms with Crippen molar-refractivity contribution in [2.24, 2.45) is 5.92 Å². The molecule has 0 heterocycles. The minimum atomic E-state index is -0.517. The van der Waals surface area contributed by atoms with Crippen LogP contribution in [-0.2, 0) is 0 Å². The maximum absolute atomic E-state index is 12.5. The third-order valence-corrected chi connectivity index (χ3v) is 5.34. The lowest BCUT2D eigenvalue weighted by Crippen LogP contribution is -2.47. The molecule has 0 radical (unpaired) electrons. The van der Waals surface area contributed by atoms with E-state index in [9.17, 15) is 9.59 Å². The van der Waals surface area contributed by atoms with Gasteiger partial charge in [-0.05, 0) is 30.4 Å². The summed E-state index contributed by atoms with van der Waals surface area (Å²) in [6.07, 6.45) is 6.03. The number of anilines is 1. The maximum atomic E-state index is 12.5. The van der Waals surface area contributed by atoms with Crippen LogP contribution >= 0.6 is 0 Å². The Morgan fingerprint density at radius 3 is 2.21 bits per heavy atom. The first kappa shape index (κ1) is 20.7. The van der Waals surface area contributed by atoms with Gasteiger partial charge in [0, 0.05) is 19.7 Å². The molecule has 6 heteroatoms. The van der Waals surface area contributed by atoms with Gasteiger partial charge >= 0.3 is 12.1 Å². The highest BCUT2D eigenvalue weighted by molar-refractivity contribution is 6.14. The van der Waals surface area contributed by atoms with Crippen LogP contribution in [-0.4, -0.2) is 32.8 Å². The topological polar surface area (TPSA) is 70.7 Å². The highest BCUT2D eigenvalue weighted by atomic mass is 16.5. The molecule has 3 rings (SSSR count). The van der Waals surface area contributed by atoms with Crippen LogP contribution in [0.1, 0.15) is 32.1 Å². The number of para-hydroxylation sites is 1. The molecule has 1 saturated carbocycles. The van der Waals surface area contributed by atoms with Gasteiger partial charge in [-0.1, -0.05) is 61.7 Å². The molecule has 0 atom stereocenters. The highest BCUT2D eigenvalue weighted by Gasteiger charge is 2.27. The first-order valence-corrected chi connectivity index (χ1v) is 10.2. The zero-order valence-corrected chi connectivity index (χ0v) is 17.1. The molecule has 0 unspecified atom stereocenters. The summed E-state index contributed by atoms with van der Waals surface area (Å²) >= 11 is 0. The number of hydrogen-bond acceptors (Lipinski definition) is 3. The van der Waals surface area contributed by atoms with E-state index in [0.717, 1.165) is 28.9 Å². The van der Waals surface area contributed by atoms with E-state index in [1.807, 2.05) is 42.5 Å². The van der Waals surface area contributed by atoms with Crippen LogP contribution < -0.4 is 20.3 Å². The fraction of sp³-hybridized carbons (Fsp3) is 0.391. The number of benzene rings is 2. The summed E-state index contributed by atoms with van der Waals surface area (Å²) in [6.45, 7) is 0.576. The van der Waals surface area contributed by atoms with Gasteiger partial charge in [0.2, 0.25) is 0 Å². The zero-order chi connectivity index (χ0) is 20.6. The van der Waals surface area contributed by atoms with Crippen LogP contribution in [0, 0.1) is 5.92 Å². The monoisotopic (exact) mass is 395 g/mol. The van der Waals surface area contributed by atoms with Crippen molar-refractivity contribution in [3.05, 3.63) is 48.5 Å². The van der Waals surface area contributed by atoms with Crippen LogP contribution in [0.3, 0.4) is 0 Å². The van der Waals surface area contributed by atoms with Gasteiger partial charge in [-0.15, -0.1) is 0 Å². The average molecular weight is 396 g/mol. The van der Waals surface area contributed by atoms with Crippen molar-refractivity contribution in [2.75, 3.05) is 25.6 Å². The molecule has 6 nitrogen and oxygen atoms in total. The third-order valence-electron chi connectivity index (χ3n) is 5.34. The van der Waals surface area contributed by atoms with E-state index in [-0.39, 0.29) is 0 Å². The molecular weight excluding hydrogens is 366 g/mol. The fourth-order valence-electron chi connectivity index (χ4n) is 3.79. The molecule has 1 aliphatic rings. The number of nitrogens with zero attached hydrogens (tertiary/aromatic N) is 1. The molecular formula is C23H29N3O3. The minimum Gasteiger partial charge on any atom is -0.490 e. The number of amides is 4. The molecule has 2 N–H and O–H groups in total. The fourth-order valence-corrected chi connectivity index (χ4v) is 3.79. The normalized spacial score (nSPS) is 14.1. The molecule has 4 amide bonds. The molecule has 1 fully saturated rings. The molecule has 1 aliphatic carbocycles. The summed E-state index contributed by atoms with van der Waals surface area (Å²) in [5, 5.41) is 5.08. The average Bonchev–Trinajstić information content (AvgIpc) is 2.79. The Hall–Kier alpha value is -3.02. The van der Waals surface area contributed by atoms with Gasteiger partial charge in [-0.2, -0.15) is 0 Å². The van der Waals surface area contributed by atoms with Gasteiger partial charge in [0.25, 0.3) is 0 Å². The second kappa shape index (κ2) is 9.96. The predicted molar refractivity (Wildman–Crippen MR) is 115 cm³/mol. The Labute approximate surface area is 172 Å². The molecule has 0 spiro atoms. The van der Waals surface area contributed by atoms with Gasteiger partial charge in [0.1, 0.15) is 0 Å². The van der Waals surface area contributed by atoms with Gasteiger partial charge < -0.3 is 15.4 Å². The molecule has 0 aromatic heterocycles. The number of imide groups is 1. The van der Waals surface area contributed by atoms with E-state index < -0.39 is 12.1 Å². The van der Waals surface area contributed by atoms with E-state index in [0.29, 0.717) is 24.0 Å². The number of ether oxygens (including phenoxy) is 1. The molecule has 0 bridgehead atoms. The molecule has 29 heavy (non-hydrogen) atoms. The van der Waals surface area contributed by atoms with Crippen LogP contribution in [0.4, 0.5) is 15.3 Å². The number of hydrogen-bond donors (Lipinski definition) is 2. The van der Waals surface area contributed by atoms with Crippen LogP contribution in [0.5, 0.6) is 5.75 Å². The number of rotatable bonds is 5. The largest absolute Gasteiger partial charge is 0.490 e. The lowest BCUT2D eigenvalue weighted by molar-refractivity contribution is 0.209.